The predicted molar refractivity (Wildman–Crippen MR) is 129 cm³/mol. The molecule has 2 atom stereocenters. The van der Waals surface area contributed by atoms with E-state index in [9.17, 15) is 9.59 Å². The molecule has 3 aromatic rings. The van der Waals surface area contributed by atoms with Gasteiger partial charge in [-0.2, -0.15) is 0 Å². The van der Waals surface area contributed by atoms with Gasteiger partial charge in [0.2, 0.25) is 5.91 Å². The van der Waals surface area contributed by atoms with Crippen LogP contribution >= 0.6 is 0 Å². The minimum atomic E-state index is -0.00456. The summed E-state index contributed by atoms with van der Waals surface area (Å²) in [5, 5.41) is 1.05. The van der Waals surface area contributed by atoms with Gasteiger partial charge in [0.05, 0.1) is 5.69 Å². The maximum atomic E-state index is 13.3. The molecule has 2 aliphatic rings. The van der Waals surface area contributed by atoms with E-state index in [2.05, 4.69) is 24.8 Å². The fourth-order valence-corrected chi connectivity index (χ4v) is 5.36. The molecule has 2 aliphatic heterocycles. The van der Waals surface area contributed by atoms with Crippen LogP contribution in [0.5, 0.6) is 0 Å². The molecule has 0 saturated carbocycles. The van der Waals surface area contributed by atoms with E-state index < -0.39 is 0 Å². The SMILES string of the molecule is CC1CCCC(C)N1C(=O)Cn1cc(C=C2C(=O)N(C)c3ccccc32)c2ccccc21. The number of benzene rings is 2. The number of hydrogen-bond acceptors (Lipinski definition) is 2. The van der Waals surface area contributed by atoms with E-state index in [0.29, 0.717) is 12.1 Å². The maximum Gasteiger partial charge on any atom is 0.258 e. The molecule has 5 nitrogen and oxygen atoms in total. The molecule has 5 heteroatoms. The number of hydrogen-bond donors (Lipinski definition) is 0. The largest absolute Gasteiger partial charge is 0.337 e. The summed E-state index contributed by atoms with van der Waals surface area (Å²) >= 11 is 0. The van der Waals surface area contributed by atoms with Crippen LogP contribution in [0.3, 0.4) is 0 Å². The van der Waals surface area contributed by atoms with Gasteiger partial charge in [-0.3, -0.25) is 9.59 Å². The summed E-state index contributed by atoms with van der Waals surface area (Å²) in [6.45, 7) is 4.61. The number of likely N-dealkylation sites (tertiary alicyclic amines) is 1. The van der Waals surface area contributed by atoms with Crippen molar-refractivity contribution in [1.29, 1.82) is 0 Å². The van der Waals surface area contributed by atoms with Crippen molar-refractivity contribution in [2.24, 2.45) is 0 Å². The van der Waals surface area contributed by atoms with Crippen LogP contribution in [-0.4, -0.2) is 40.4 Å². The van der Waals surface area contributed by atoms with Crippen molar-refractivity contribution >= 4 is 40.1 Å². The van der Waals surface area contributed by atoms with E-state index >= 15 is 0 Å². The second-order valence-electron chi connectivity index (χ2n) is 9.10. The summed E-state index contributed by atoms with van der Waals surface area (Å²) in [5.74, 6) is 0.154. The number of carbonyl (C=O) groups excluding carboxylic acids is 2. The molecule has 1 fully saturated rings. The lowest BCUT2D eigenvalue weighted by Gasteiger charge is -2.39. The number of anilines is 1. The minimum Gasteiger partial charge on any atom is -0.337 e. The van der Waals surface area contributed by atoms with E-state index in [1.165, 1.54) is 6.42 Å². The molecule has 2 amide bonds. The molecule has 0 bridgehead atoms. The van der Waals surface area contributed by atoms with Crippen LogP contribution in [0.15, 0.2) is 54.7 Å². The van der Waals surface area contributed by atoms with Gasteiger partial charge in [-0.25, -0.2) is 0 Å². The Hall–Kier alpha value is -3.34. The van der Waals surface area contributed by atoms with Crippen LogP contribution in [0, 0.1) is 0 Å². The minimum absolute atomic E-state index is 0.00456. The van der Waals surface area contributed by atoms with Gasteiger partial charge in [-0.15, -0.1) is 0 Å². The maximum absolute atomic E-state index is 13.3. The molecule has 0 N–H and O–H groups in total. The van der Waals surface area contributed by atoms with Gasteiger partial charge in [0.1, 0.15) is 6.54 Å². The van der Waals surface area contributed by atoms with Crippen molar-refractivity contribution in [3.05, 3.63) is 65.9 Å². The first-order valence-electron chi connectivity index (χ1n) is 11.4. The molecular weight excluding hydrogens is 398 g/mol. The van der Waals surface area contributed by atoms with Crippen molar-refractivity contribution in [1.82, 2.24) is 9.47 Å². The van der Waals surface area contributed by atoms with E-state index in [-0.39, 0.29) is 23.9 Å². The Bertz CT molecular complexity index is 1230. The Balaban J connectivity index is 1.54. The molecular formula is C27H29N3O2. The zero-order valence-corrected chi connectivity index (χ0v) is 18.9. The van der Waals surface area contributed by atoms with E-state index in [1.807, 2.05) is 66.4 Å². The number of piperidine rings is 1. The number of nitrogens with zero attached hydrogens (tertiary/aromatic N) is 3. The lowest BCUT2D eigenvalue weighted by atomic mass is 9.97. The van der Waals surface area contributed by atoms with Gasteiger partial charge in [0.15, 0.2) is 0 Å². The summed E-state index contributed by atoms with van der Waals surface area (Å²) in [6, 6.07) is 16.5. The molecule has 2 unspecified atom stereocenters. The first-order chi connectivity index (χ1) is 15.5. The number of aromatic nitrogens is 1. The third-order valence-corrected chi connectivity index (χ3v) is 7.00. The van der Waals surface area contributed by atoms with E-state index in [0.717, 1.165) is 40.6 Å². The van der Waals surface area contributed by atoms with Crippen LogP contribution in [0.4, 0.5) is 5.69 Å². The fraction of sp³-hybridized carbons (Fsp3) is 0.333. The highest BCUT2D eigenvalue weighted by Gasteiger charge is 2.31. The normalized spacial score (nSPS) is 22.1. The van der Waals surface area contributed by atoms with Gasteiger partial charge in [0, 0.05) is 52.9 Å². The highest BCUT2D eigenvalue weighted by atomic mass is 16.2. The second-order valence-corrected chi connectivity index (χ2v) is 9.10. The van der Waals surface area contributed by atoms with Crippen LogP contribution in [0.25, 0.3) is 22.6 Å². The number of para-hydroxylation sites is 2. The van der Waals surface area contributed by atoms with Crippen molar-refractivity contribution < 1.29 is 9.59 Å². The third kappa shape index (κ3) is 3.32. The first-order valence-corrected chi connectivity index (χ1v) is 11.4. The summed E-state index contributed by atoms with van der Waals surface area (Å²) < 4.78 is 2.03. The number of amides is 2. The molecule has 3 heterocycles. The standard InChI is InChI=1S/C27H29N3O2/c1-18-9-8-10-19(2)30(18)26(31)17-29-16-20(21-11-4-7-14-25(21)29)15-23-22-12-5-6-13-24(22)28(3)27(23)32/h4-7,11-16,18-19H,8-10,17H2,1-3H3. The monoisotopic (exact) mass is 427 g/mol. The Labute approximate surface area is 188 Å². The average Bonchev–Trinajstić information content (AvgIpc) is 3.24. The van der Waals surface area contributed by atoms with Crippen LogP contribution in [-0.2, 0) is 16.1 Å². The molecule has 1 aromatic heterocycles. The van der Waals surface area contributed by atoms with Gasteiger partial charge in [-0.05, 0) is 51.3 Å². The Kier molecular flexibility index (Phi) is 5.12. The second kappa shape index (κ2) is 7.97. The van der Waals surface area contributed by atoms with E-state index in [4.69, 9.17) is 0 Å². The highest BCUT2D eigenvalue weighted by molar-refractivity contribution is 6.36. The zero-order valence-electron chi connectivity index (χ0n) is 18.9. The summed E-state index contributed by atoms with van der Waals surface area (Å²) in [4.78, 5) is 30.0. The molecule has 2 aromatic carbocycles. The lowest BCUT2D eigenvalue weighted by molar-refractivity contribution is -0.137. The van der Waals surface area contributed by atoms with Crippen LogP contribution in [0.2, 0.25) is 0 Å². The topological polar surface area (TPSA) is 45.6 Å². The van der Waals surface area contributed by atoms with Crippen molar-refractivity contribution in [3.8, 4) is 0 Å². The smallest absolute Gasteiger partial charge is 0.258 e. The number of fused-ring (bicyclic) bond motifs is 2. The summed E-state index contributed by atoms with van der Waals surface area (Å²) in [7, 11) is 1.81. The number of rotatable bonds is 3. The molecule has 164 valence electrons. The lowest BCUT2D eigenvalue weighted by Crippen LogP contribution is -2.48. The van der Waals surface area contributed by atoms with Gasteiger partial charge in [-0.1, -0.05) is 36.4 Å². The molecule has 0 spiro atoms. The van der Waals surface area contributed by atoms with Crippen molar-refractivity contribution in [2.45, 2.75) is 51.7 Å². The van der Waals surface area contributed by atoms with E-state index in [1.54, 1.807) is 4.90 Å². The van der Waals surface area contributed by atoms with Gasteiger partial charge >= 0.3 is 0 Å². The molecule has 0 radical (unpaired) electrons. The average molecular weight is 428 g/mol. The molecule has 5 rings (SSSR count). The third-order valence-electron chi connectivity index (χ3n) is 7.00. The Morgan fingerprint density at radius 2 is 1.72 bits per heavy atom. The molecule has 1 saturated heterocycles. The molecule has 32 heavy (non-hydrogen) atoms. The molecule has 0 aliphatic carbocycles. The van der Waals surface area contributed by atoms with Crippen molar-refractivity contribution in [2.75, 3.05) is 11.9 Å². The quantitative estimate of drug-likeness (QED) is 0.556. The first kappa shape index (κ1) is 20.6. The Morgan fingerprint density at radius 1 is 1.03 bits per heavy atom. The van der Waals surface area contributed by atoms with Crippen molar-refractivity contribution in [3.63, 3.8) is 0 Å². The highest BCUT2D eigenvalue weighted by Crippen LogP contribution is 2.37. The Morgan fingerprint density at radius 3 is 2.50 bits per heavy atom. The fourth-order valence-electron chi connectivity index (χ4n) is 5.36. The number of carbonyl (C=O) groups is 2. The number of likely N-dealkylation sites (N-methyl/N-ethyl adjacent to an activating group) is 1. The van der Waals surface area contributed by atoms with Gasteiger partial charge in [0.25, 0.3) is 5.91 Å². The summed E-state index contributed by atoms with van der Waals surface area (Å²) in [5.41, 5.74) is 4.54. The zero-order chi connectivity index (χ0) is 22.4. The van der Waals surface area contributed by atoms with Gasteiger partial charge < -0.3 is 14.4 Å². The summed E-state index contributed by atoms with van der Waals surface area (Å²) in [6.07, 6.45) is 7.30. The van der Waals surface area contributed by atoms with Crippen LogP contribution < -0.4 is 4.90 Å². The van der Waals surface area contributed by atoms with Crippen LogP contribution in [0.1, 0.15) is 44.2 Å². The predicted octanol–water partition coefficient (Wildman–Crippen LogP) is 4.95.